The van der Waals surface area contributed by atoms with Gasteiger partial charge in [-0.1, -0.05) is 39.8 Å². The number of carbonyl (C=O) groups is 1. The number of carboxylic acids is 1. The lowest BCUT2D eigenvalue weighted by Crippen LogP contribution is -2.36. The molecule has 0 bridgehead atoms. The molecule has 1 N–H and O–H groups in total. The summed E-state index contributed by atoms with van der Waals surface area (Å²) in [4.78, 5) is 11.1. The maximum absolute atomic E-state index is 12.5. The minimum Gasteiger partial charge on any atom is -0.481 e. The third-order valence-electron chi connectivity index (χ3n) is 3.44. The maximum atomic E-state index is 12.5. The molecule has 1 aromatic rings. The van der Waals surface area contributed by atoms with Gasteiger partial charge in [0.05, 0.1) is 10.8 Å². The van der Waals surface area contributed by atoms with Crippen LogP contribution in [0, 0.1) is 5.92 Å². The topological polar surface area (TPSA) is 74.7 Å². The van der Waals surface area contributed by atoms with Crippen molar-refractivity contribution >= 4 is 16.0 Å². The van der Waals surface area contributed by atoms with E-state index in [0.29, 0.717) is 5.92 Å². The van der Waals surface area contributed by atoms with Crippen molar-refractivity contribution < 1.29 is 18.3 Å². The van der Waals surface area contributed by atoms with Crippen LogP contribution in [0.1, 0.15) is 39.2 Å². The van der Waals surface area contributed by atoms with Crippen molar-refractivity contribution in [3.05, 3.63) is 29.8 Å². The van der Waals surface area contributed by atoms with E-state index in [9.17, 15) is 13.2 Å². The molecule has 1 rings (SSSR count). The molecule has 5 nitrogen and oxygen atoms in total. The smallest absolute Gasteiger partial charge is 0.307 e. The van der Waals surface area contributed by atoms with Gasteiger partial charge in [0, 0.05) is 13.1 Å². The average molecular weight is 313 g/mol. The summed E-state index contributed by atoms with van der Waals surface area (Å²) in [7, 11) is -3.65. The standard InChI is InChI=1S/C15H23NO4S/c1-5-16(10-12(4)15(17)18)21(19,20)14-8-6-13(7-9-14)11(2)3/h6-9,11-12H,5,10H2,1-4H3,(H,17,18). The van der Waals surface area contributed by atoms with E-state index in [1.165, 1.54) is 11.2 Å². The van der Waals surface area contributed by atoms with E-state index in [1.54, 1.807) is 31.2 Å². The van der Waals surface area contributed by atoms with Crippen molar-refractivity contribution in [2.45, 2.75) is 38.5 Å². The van der Waals surface area contributed by atoms with Gasteiger partial charge in [0.2, 0.25) is 10.0 Å². The highest BCUT2D eigenvalue weighted by Gasteiger charge is 2.26. The number of hydrogen-bond acceptors (Lipinski definition) is 3. The van der Waals surface area contributed by atoms with Crippen LogP contribution >= 0.6 is 0 Å². The highest BCUT2D eigenvalue weighted by Crippen LogP contribution is 2.21. The summed E-state index contributed by atoms with van der Waals surface area (Å²) in [5.41, 5.74) is 1.07. The Morgan fingerprint density at radius 2 is 1.71 bits per heavy atom. The second-order valence-electron chi connectivity index (χ2n) is 5.42. The summed E-state index contributed by atoms with van der Waals surface area (Å²) in [5, 5.41) is 8.94. The minimum absolute atomic E-state index is 0.0277. The molecule has 0 saturated heterocycles. The fraction of sp³-hybridized carbons (Fsp3) is 0.533. The molecule has 6 heteroatoms. The molecule has 0 heterocycles. The molecule has 0 amide bonds. The molecule has 0 radical (unpaired) electrons. The van der Waals surface area contributed by atoms with Crippen LogP contribution in [-0.2, 0) is 14.8 Å². The Labute approximate surface area is 126 Å². The Hall–Kier alpha value is -1.40. The number of sulfonamides is 1. The Morgan fingerprint density at radius 3 is 2.10 bits per heavy atom. The van der Waals surface area contributed by atoms with E-state index < -0.39 is 21.9 Å². The van der Waals surface area contributed by atoms with Crippen LogP contribution in [0.15, 0.2) is 29.2 Å². The summed E-state index contributed by atoms with van der Waals surface area (Å²) >= 11 is 0. The molecule has 1 aromatic carbocycles. The second kappa shape index (κ2) is 7.04. The average Bonchev–Trinajstić information content (AvgIpc) is 2.44. The van der Waals surface area contributed by atoms with Gasteiger partial charge in [-0.25, -0.2) is 8.42 Å². The molecule has 1 unspecified atom stereocenters. The van der Waals surface area contributed by atoms with Crippen LogP contribution in [-0.4, -0.2) is 36.9 Å². The van der Waals surface area contributed by atoms with Crippen molar-refractivity contribution in [3.63, 3.8) is 0 Å². The normalized spacial score (nSPS) is 13.6. The lowest BCUT2D eigenvalue weighted by Gasteiger charge is -2.22. The predicted molar refractivity (Wildman–Crippen MR) is 81.8 cm³/mol. The SMILES string of the molecule is CCN(CC(C)C(=O)O)S(=O)(=O)c1ccc(C(C)C)cc1. The van der Waals surface area contributed by atoms with Crippen molar-refractivity contribution in [3.8, 4) is 0 Å². The largest absolute Gasteiger partial charge is 0.481 e. The number of benzene rings is 1. The summed E-state index contributed by atoms with van der Waals surface area (Å²) in [6.07, 6.45) is 0. The van der Waals surface area contributed by atoms with Crippen LogP contribution in [0.25, 0.3) is 0 Å². The molecule has 0 aliphatic heterocycles. The first-order valence-electron chi connectivity index (χ1n) is 7.03. The predicted octanol–water partition coefficient (Wildman–Crippen LogP) is 2.54. The van der Waals surface area contributed by atoms with Crippen molar-refractivity contribution in [2.24, 2.45) is 5.92 Å². The van der Waals surface area contributed by atoms with E-state index >= 15 is 0 Å². The molecule has 0 spiro atoms. The zero-order chi connectivity index (χ0) is 16.2. The van der Waals surface area contributed by atoms with Gasteiger partial charge in [-0.05, 0) is 23.6 Å². The first kappa shape index (κ1) is 17.7. The van der Waals surface area contributed by atoms with Crippen LogP contribution in [0.4, 0.5) is 0 Å². The van der Waals surface area contributed by atoms with Gasteiger partial charge in [-0.15, -0.1) is 0 Å². The van der Waals surface area contributed by atoms with Gasteiger partial charge in [0.15, 0.2) is 0 Å². The molecule has 0 fully saturated rings. The number of carboxylic acid groups (broad SMARTS) is 1. The van der Waals surface area contributed by atoms with Gasteiger partial charge >= 0.3 is 5.97 Å². The first-order valence-corrected chi connectivity index (χ1v) is 8.47. The van der Waals surface area contributed by atoms with E-state index in [1.807, 2.05) is 13.8 Å². The number of aliphatic carboxylic acids is 1. The Morgan fingerprint density at radius 1 is 1.19 bits per heavy atom. The molecular formula is C15H23NO4S. The number of rotatable bonds is 7. The lowest BCUT2D eigenvalue weighted by atomic mass is 10.0. The van der Waals surface area contributed by atoms with Crippen molar-refractivity contribution in [1.82, 2.24) is 4.31 Å². The maximum Gasteiger partial charge on any atom is 0.307 e. The number of hydrogen-bond donors (Lipinski definition) is 1. The van der Waals surface area contributed by atoms with Crippen LogP contribution in [0.2, 0.25) is 0 Å². The van der Waals surface area contributed by atoms with Gasteiger partial charge in [-0.2, -0.15) is 4.31 Å². The highest BCUT2D eigenvalue weighted by molar-refractivity contribution is 7.89. The molecule has 0 aliphatic rings. The molecule has 21 heavy (non-hydrogen) atoms. The lowest BCUT2D eigenvalue weighted by molar-refractivity contribution is -0.141. The summed E-state index contributed by atoms with van der Waals surface area (Å²) in [5.74, 6) is -1.41. The third kappa shape index (κ3) is 4.28. The van der Waals surface area contributed by atoms with Gasteiger partial charge in [0.25, 0.3) is 0 Å². The zero-order valence-corrected chi connectivity index (χ0v) is 13.7. The van der Waals surface area contributed by atoms with Crippen LogP contribution < -0.4 is 0 Å². The molecule has 1 atom stereocenters. The van der Waals surface area contributed by atoms with E-state index in [4.69, 9.17) is 5.11 Å². The van der Waals surface area contributed by atoms with Crippen molar-refractivity contribution in [2.75, 3.05) is 13.1 Å². The molecule has 0 aliphatic carbocycles. The fourth-order valence-electron chi connectivity index (χ4n) is 1.95. The molecular weight excluding hydrogens is 290 g/mol. The molecule has 0 saturated carbocycles. The van der Waals surface area contributed by atoms with Crippen molar-refractivity contribution in [1.29, 1.82) is 0 Å². The van der Waals surface area contributed by atoms with E-state index in [0.717, 1.165) is 5.56 Å². The first-order chi connectivity index (χ1) is 9.70. The Balaban J connectivity index is 3.04. The number of nitrogens with zero attached hydrogens (tertiary/aromatic N) is 1. The third-order valence-corrected chi connectivity index (χ3v) is 5.39. The summed E-state index contributed by atoms with van der Waals surface area (Å²) in [6.45, 7) is 7.50. The Kier molecular flexibility index (Phi) is 5.92. The summed E-state index contributed by atoms with van der Waals surface area (Å²) in [6, 6.07) is 6.76. The summed E-state index contributed by atoms with van der Waals surface area (Å²) < 4.78 is 26.3. The van der Waals surface area contributed by atoms with Crippen LogP contribution in [0.3, 0.4) is 0 Å². The van der Waals surface area contributed by atoms with Gasteiger partial charge < -0.3 is 5.11 Å². The molecule has 0 aromatic heterocycles. The van der Waals surface area contributed by atoms with Gasteiger partial charge in [-0.3, -0.25) is 4.79 Å². The molecule has 118 valence electrons. The van der Waals surface area contributed by atoms with Crippen LogP contribution in [0.5, 0.6) is 0 Å². The monoisotopic (exact) mass is 313 g/mol. The van der Waals surface area contributed by atoms with Gasteiger partial charge in [0.1, 0.15) is 0 Å². The Bertz CT molecular complexity index is 578. The zero-order valence-electron chi connectivity index (χ0n) is 12.9. The fourth-order valence-corrected chi connectivity index (χ4v) is 3.49. The minimum atomic E-state index is -3.65. The quantitative estimate of drug-likeness (QED) is 0.839. The van der Waals surface area contributed by atoms with E-state index in [-0.39, 0.29) is 18.0 Å². The second-order valence-corrected chi connectivity index (χ2v) is 7.36. The highest BCUT2D eigenvalue weighted by atomic mass is 32.2. The van der Waals surface area contributed by atoms with E-state index in [2.05, 4.69) is 0 Å².